The van der Waals surface area contributed by atoms with Crippen LogP contribution in [0.5, 0.6) is 0 Å². The van der Waals surface area contributed by atoms with Crippen molar-refractivity contribution >= 4 is 23.5 Å². The van der Waals surface area contributed by atoms with Gasteiger partial charge in [0, 0.05) is 34.5 Å². The molecule has 0 saturated heterocycles. The number of allylic oxidation sites excluding steroid dienone is 2. The lowest BCUT2D eigenvalue weighted by molar-refractivity contribution is -0.199. The van der Waals surface area contributed by atoms with Crippen molar-refractivity contribution < 1.29 is 19.4 Å². The summed E-state index contributed by atoms with van der Waals surface area (Å²) < 4.78 is 6.27. The van der Waals surface area contributed by atoms with Gasteiger partial charge in [-0.05, 0) is 50.3 Å². The molecule has 34 heavy (non-hydrogen) atoms. The number of thioether (sulfide) groups is 1. The van der Waals surface area contributed by atoms with E-state index in [0.717, 1.165) is 38.2 Å². The Bertz CT molecular complexity index is 810. The minimum atomic E-state index is -0.675. The van der Waals surface area contributed by atoms with E-state index in [0.29, 0.717) is 12.2 Å². The van der Waals surface area contributed by atoms with Gasteiger partial charge in [0.15, 0.2) is 5.78 Å². The molecule has 0 spiro atoms. The third-order valence-electron chi connectivity index (χ3n) is 9.80. The quantitative estimate of drug-likeness (QED) is 0.285. The summed E-state index contributed by atoms with van der Waals surface area (Å²) >= 11 is 1.60. The first kappa shape index (κ1) is 27.5. The van der Waals surface area contributed by atoms with Crippen molar-refractivity contribution in [1.29, 1.82) is 0 Å². The van der Waals surface area contributed by atoms with Crippen molar-refractivity contribution in [2.24, 2.45) is 34.0 Å². The summed E-state index contributed by atoms with van der Waals surface area (Å²) in [6.45, 7) is 19.8. The molecule has 0 radical (unpaired) electrons. The predicted molar refractivity (Wildman–Crippen MR) is 140 cm³/mol. The zero-order valence-electron chi connectivity index (χ0n) is 22.0. The maximum atomic E-state index is 13.3. The monoisotopic (exact) mass is 491 g/mol. The highest BCUT2D eigenvalue weighted by Gasteiger charge is 2.67. The molecule has 5 nitrogen and oxygen atoms in total. The van der Waals surface area contributed by atoms with Crippen molar-refractivity contribution in [3.05, 3.63) is 24.8 Å². The van der Waals surface area contributed by atoms with Gasteiger partial charge in [-0.25, -0.2) is 0 Å². The molecule has 0 aromatic heterocycles. The number of rotatable bonds is 9. The fourth-order valence-electron chi connectivity index (χ4n) is 7.07. The first-order valence-corrected chi connectivity index (χ1v) is 14.2. The Kier molecular flexibility index (Phi) is 8.47. The molecular weight excluding hydrogens is 446 g/mol. The molecule has 0 heterocycles. The first-order valence-electron chi connectivity index (χ1n) is 13.0. The summed E-state index contributed by atoms with van der Waals surface area (Å²) in [6.07, 6.45) is 6.76. The molecule has 0 amide bonds. The molecule has 0 aromatic rings. The second kappa shape index (κ2) is 10.5. The van der Waals surface area contributed by atoms with Gasteiger partial charge in [-0.2, -0.15) is 0 Å². The summed E-state index contributed by atoms with van der Waals surface area (Å²) in [6, 6.07) is 0. The molecule has 6 heteroatoms. The second-order valence-corrected chi connectivity index (χ2v) is 12.4. The van der Waals surface area contributed by atoms with Crippen molar-refractivity contribution in [1.82, 2.24) is 4.90 Å². The zero-order chi connectivity index (χ0) is 25.3. The van der Waals surface area contributed by atoms with E-state index < -0.39 is 28.5 Å². The highest BCUT2D eigenvalue weighted by molar-refractivity contribution is 7.99. The van der Waals surface area contributed by atoms with Crippen LogP contribution in [0.4, 0.5) is 0 Å². The molecule has 0 aliphatic heterocycles. The Morgan fingerprint density at radius 2 is 2.00 bits per heavy atom. The van der Waals surface area contributed by atoms with E-state index in [1.165, 1.54) is 0 Å². The lowest BCUT2D eigenvalue weighted by Gasteiger charge is -2.61. The number of esters is 1. The lowest BCUT2D eigenvalue weighted by Crippen LogP contribution is -2.63. The summed E-state index contributed by atoms with van der Waals surface area (Å²) in [4.78, 5) is 28.8. The van der Waals surface area contributed by atoms with Gasteiger partial charge in [0.05, 0.1) is 11.9 Å². The van der Waals surface area contributed by atoms with E-state index in [1.54, 1.807) is 17.8 Å². The van der Waals surface area contributed by atoms with Crippen LogP contribution in [0, 0.1) is 34.0 Å². The van der Waals surface area contributed by atoms with E-state index in [9.17, 15) is 14.7 Å². The third kappa shape index (κ3) is 4.55. The van der Waals surface area contributed by atoms with Gasteiger partial charge < -0.3 is 14.7 Å². The topological polar surface area (TPSA) is 66.8 Å². The molecule has 3 aliphatic rings. The highest BCUT2D eigenvalue weighted by Crippen LogP contribution is 2.66. The summed E-state index contributed by atoms with van der Waals surface area (Å²) in [5.41, 5.74) is -1.53. The molecule has 1 N–H and O–H groups in total. The van der Waals surface area contributed by atoms with Crippen LogP contribution in [0.25, 0.3) is 0 Å². The van der Waals surface area contributed by atoms with Crippen molar-refractivity contribution in [3.8, 4) is 0 Å². The number of aliphatic hydroxyl groups excluding tert-OH is 1. The Morgan fingerprint density at radius 1 is 1.32 bits per heavy atom. The zero-order valence-corrected chi connectivity index (χ0v) is 22.8. The van der Waals surface area contributed by atoms with E-state index >= 15 is 0 Å². The third-order valence-corrected chi connectivity index (χ3v) is 10.7. The van der Waals surface area contributed by atoms with Crippen LogP contribution in [0.3, 0.4) is 0 Å². The van der Waals surface area contributed by atoms with Crippen molar-refractivity contribution in [3.63, 3.8) is 0 Å². The molecule has 8 atom stereocenters. The van der Waals surface area contributed by atoms with E-state index in [2.05, 4.69) is 52.2 Å². The van der Waals surface area contributed by atoms with Gasteiger partial charge in [-0.1, -0.05) is 53.7 Å². The van der Waals surface area contributed by atoms with Gasteiger partial charge in [-0.3, -0.25) is 9.59 Å². The van der Waals surface area contributed by atoms with Crippen LogP contribution in [-0.4, -0.2) is 65.1 Å². The Hall–Kier alpha value is -1.11. The number of hydrogen-bond acceptors (Lipinski definition) is 6. The first-order chi connectivity index (χ1) is 16.0. The molecule has 2 fully saturated rings. The standard InChI is InChI=1S/C28H45NO4S/c1-8-26(6)17-22(33-23(31)18-34-16-15-29(9-2)10-3)27(7)19(4)11-13-28(20(5)25(26)32)14-12-21(30)24(27)28/h8,12,14,19-20,22,24-25,32H,1,9-11,13,15-18H2,2-7H3/t19-,20+,22-,24-,25+,26-,27+,28+/m1/s1. The van der Waals surface area contributed by atoms with Gasteiger partial charge in [-0.15, -0.1) is 18.3 Å². The van der Waals surface area contributed by atoms with Gasteiger partial charge in [0.1, 0.15) is 6.10 Å². The molecule has 3 rings (SSSR count). The Balaban J connectivity index is 1.88. The van der Waals surface area contributed by atoms with Crippen LogP contribution in [0.1, 0.15) is 60.8 Å². The van der Waals surface area contributed by atoms with Crippen LogP contribution in [0.2, 0.25) is 0 Å². The van der Waals surface area contributed by atoms with Crippen molar-refractivity contribution in [2.45, 2.75) is 73.0 Å². The normalized spacial score (nSPS) is 41.6. The minimum Gasteiger partial charge on any atom is -0.461 e. The molecule has 3 aliphatic carbocycles. The highest BCUT2D eigenvalue weighted by atomic mass is 32.2. The fraction of sp³-hybridized carbons (Fsp3) is 0.786. The maximum absolute atomic E-state index is 13.3. The molecule has 2 saturated carbocycles. The molecule has 192 valence electrons. The number of aliphatic hydroxyl groups is 1. The van der Waals surface area contributed by atoms with Gasteiger partial charge in [0.2, 0.25) is 0 Å². The summed E-state index contributed by atoms with van der Waals surface area (Å²) in [5.74, 6) is 0.909. The van der Waals surface area contributed by atoms with Crippen LogP contribution < -0.4 is 0 Å². The largest absolute Gasteiger partial charge is 0.461 e. The Labute approximate surface area is 210 Å². The molecule has 0 aromatic carbocycles. The second-order valence-electron chi connectivity index (χ2n) is 11.3. The summed E-state index contributed by atoms with van der Waals surface area (Å²) in [5, 5.41) is 11.5. The van der Waals surface area contributed by atoms with Gasteiger partial charge in [0.25, 0.3) is 0 Å². The number of carbonyl (C=O) groups excluding carboxylic acids is 2. The smallest absolute Gasteiger partial charge is 0.316 e. The lowest BCUT2D eigenvalue weighted by atomic mass is 9.44. The minimum absolute atomic E-state index is 0.0951. The number of carbonyl (C=O) groups is 2. The number of ketones is 1. The average Bonchev–Trinajstić information content (AvgIpc) is 3.17. The Morgan fingerprint density at radius 3 is 2.62 bits per heavy atom. The molecular formula is C28H45NO4S. The molecule has 0 unspecified atom stereocenters. The van der Waals surface area contributed by atoms with Gasteiger partial charge >= 0.3 is 5.97 Å². The average molecular weight is 492 g/mol. The SMILES string of the molecule is C=C[C@]1(C)C[C@@H](OC(=O)CSCCN(CC)CC)[C@]2(C)[C@H](C)CC[C@]3(C=CC(=O)[C@@H]32)[C@@H](C)[C@@H]1O. The fourth-order valence-corrected chi connectivity index (χ4v) is 7.84. The number of ether oxygens (including phenoxy) is 1. The van der Waals surface area contributed by atoms with E-state index in [4.69, 9.17) is 4.74 Å². The predicted octanol–water partition coefficient (Wildman–Crippen LogP) is 4.74. The van der Waals surface area contributed by atoms with E-state index in [1.807, 2.05) is 13.0 Å². The molecule has 2 bridgehead atoms. The van der Waals surface area contributed by atoms with Crippen LogP contribution in [0.15, 0.2) is 24.8 Å². The van der Waals surface area contributed by atoms with Crippen LogP contribution >= 0.6 is 11.8 Å². The maximum Gasteiger partial charge on any atom is 0.316 e. The van der Waals surface area contributed by atoms with Crippen molar-refractivity contribution in [2.75, 3.05) is 31.1 Å². The summed E-state index contributed by atoms with van der Waals surface area (Å²) in [7, 11) is 0. The number of nitrogens with zero attached hydrogens (tertiary/aromatic N) is 1. The van der Waals surface area contributed by atoms with Crippen LogP contribution in [-0.2, 0) is 14.3 Å². The van der Waals surface area contributed by atoms with E-state index in [-0.39, 0.29) is 29.5 Å². The number of hydrogen-bond donors (Lipinski definition) is 1.